The van der Waals surface area contributed by atoms with Crippen LogP contribution in [0.4, 0.5) is 0 Å². The van der Waals surface area contributed by atoms with E-state index >= 15 is 0 Å². The summed E-state index contributed by atoms with van der Waals surface area (Å²) in [6.45, 7) is 0. The van der Waals surface area contributed by atoms with Gasteiger partial charge in [0.1, 0.15) is 21.5 Å². The van der Waals surface area contributed by atoms with Gasteiger partial charge in [0.05, 0.1) is 11.1 Å². The van der Waals surface area contributed by atoms with Crippen molar-refractivity contribution in [1.29, 1.82) is 0 Å². The van der Waals surface area contributed by atoms with Crippen molar-refractivity contribution < 1.29 is 19.8 Å². The van der Waals surface area contributed by atoms with Gasteiger partial charge in [0.15, 0.2) is 11.6 Å². The maximum absolute atomic E-state index is 12.9. The summed E-state index contributed by atoms with van der Waals surface area (Å²) in [5.41, 5.74) is 1.61. The van der Waals surface area contributed by atoms with E-state index < -0.39 is 23.3 Å². The lowest BCUT2D eigenvalue weighted by atomic mass is 9.65. The Morgan fingerprint density at radius 1 is 0.792 bits per heavy atom. The molecule has 4 nitrogen and oxygen atoms in total. The van der Waals surface area contributed by atoms with Gasteiger partial charge in [-0.1, -0.05) is 47.5 Å². The van der Waals surface area contributed by atoms with E-state index in [4.69, 9.17) is 23.2 Å². The summed E-state index contributed by atoms with van der Waals surface area (Å²) < 4.78 is 0. The summed E-state index contributed by atoms with van der Waals surface area (Å²) in [5.74, 6) is -2.97. The van der Waals surface area contributed by atoms with E-state index in [0.29, 0.717) is 12.8 Å². The SMILES string of the molecule is O=C1c2c(O)c(Cl)c(Cl)c(O)c2C(=O)[C@@H]2Cc3ccccc3C[C@H]12. The summed E-state index contributed by atoms with van der Waals surface area (Å²) in [7, 11) is 0. The Hall–Kier alpha value is -2.04. The number of phenols is 2. The molecule has 2 aromatic carbocycles. The first kappa shape index (κ1) is 15.5. The molecule has 2 aromatic rings. The minimum Gasteiger partial charge on any atom is -0.506 e. The first-order valence-corrected chi connectivity index (χ1v) is 8.25. The van der Waals surface area contributed by atoms with Crippen LogP contribution in [0.5, 0.6) is 11.5 Å². The van der Waals surface area contributed by atoms with Gasteiger partial charge in [0, 0.05) is 11.8 Å². The van der Waals surface area contributed by atoms with Crippen LogP contribution in [0.1, 0.15) is 31.8 Å². The summed E-state index contributed by atoms with van der Waals surface area (Å²) >= 11 is 11.8. The zero-order valence-corrected chi connectivity index (χ0v) is 13.9. The van der Waals surface area contributed by atoms with Crippen molar-refractivity contribution in [2.45, 2.75) is 12.8 Å². The predicted octanol–water partition coefficient (Wildman–Crippen LogP) is 3.81. The maximum atomic E-state index is 12.9. The van der Waals surface area contributed by atoms with Gasteiger partial charge < -0.3 is 10.2 Å². The number of benzene rings is 2. The molecule has 0 aromatic heterocycles. The topological polar surface area (TPSA) is 74.6 Å². The fourth-order valence-electron chi connectivity index (χ4n) is 3.78. The average Bonchev–Trinajstić information content (AvgIpc) is 2.59. The molecule has 6 heteroatoms. The highest BCUT2D eigenvalue weighted by Gasteiger charge is 2.47. The van der Waals surface area contributed by atoms with Gasteiger partial charge in [-0.15, -0.1) is 0 Å². The Balaban J connectivity index is 1.93. The number of ketones is 2. The molecule has 0 heterocycles. The molecular formula is C18H12Cl2O4. The average molecular weight is 363 g/mol. The van der Waals surface area contributed by atoms with E-state index in [-0.39, 0.29) is 32.7 Å². The number of fused-ring (bicyclic) bond motifs is 3. The standard InChI is InChI=1S/C18H12Cl2O4/c19-13-14(20)18(24)12-11(17(13)23)15(21)9-5-7-3-1-2-4-8(7)6-10(9)16(12)22/h1-4,9-10,23-24H,5-6H2/t9-,10+. The molecule has 2 atom stereocenters. The Bertz CT molecular complexity index is 846. The molecule has 2 aliphatic rings. The van der Waals surface area contributed by atoms with Crippen LogP contribution in [-0.2, 0) is 12.8 Å². The Morgan fingerprint density at radius 3 is 1.54 bits per heavy atom. The van der Waals surface area contributed by atoms with Crippen LogP contribution in [0, 0.1) is 11.8 Å². The van der Waals surface area contributed by atoms with Gasteiger partial charge in [0.2, 0.25) is 0 Å². The third-order valence-electron chi connectivity index (χ3n) is 4.98. The minimum absolute atomic E-state index is 0.215. The lowest BCUT2D eigenvalue weighted by Crippen LogP contribution is -2.41. The Labute approximate surface area is 147 Å². The van der Waals surface area contributed by atoms with Crippen molar-refractivity contribution in [2.24, 2.45) is 11.8 Å². The van der Waals surface area contributed by atoms with E-state index in [1.807, 2.05) is 24.3 Å². The third-order valence-corrected chi connectivity index (χ3v) is 5.81. The molecule has 0 amide bonds. The number of halogens is 2. The minimum atomic E-state index is -0.567. The molecule has 24 heavy (non-hydrogen) atoms. The molecule has 122 valence electrons. The van der Waals surface area contributed by atoms with Crippen LogP contribution in [0.25, 0.3) is 0 Å². The van der Waals surface area contributed by atoms with E-state index in [2.05, 4.69) is 0 Å². The molecule has 2 N–H and O–H groups in total. The molecule has 0 unspecified atom stereocenters. The normalized spacial score (nSPS) is 21.9. The van der Waals surface area contributed by atoms with Gasteiger partial charge >= 0.3 is 0 Å². The third kappa shape index (κ3) is 1.93. The van der Waals surface area contributed by atoms with Crippen LogP contribution >= 0.6 is 23.2 Å². The Kier molecular flexibility index (Phi) is 3.37. The smallest absolute Gasteiger partial charge is 0.171 e. The summed E-state index contributed by atoms with van der Waals surface area (Å²) in [4.78, 5) is 25.8. The second kappa shape index (κ2) is 5.23. The molecular weight excluding hydrogens is 351 g/mol. The van der Waals surface area contributed by atoms with Gasteiger partial charge in [-0.05, 0) is 24.0 Å². The van der Waals surface area contributed by atoms with Crippen LogP contribution in [-0.4, -0.2) is 21.8 Å². The van der Waals surface area contributed by atoms with Crippen LogP contribution in [0.3, 0.4) is 0 Å². The predicted molar refractivity (Wildman–Crippen MR) is 89.3 cm³/mol. The molecule has 0 aliphatic heterocycles. The second-order valence-electron chi connectivity index (χ2n) is 6.19. The van der Waals surface area contributed by atoms with Gasteiger partial charge in [-0.2, -0.15) is 0 Å². The van der Waals surface area contributed by atoms with Crippen molar-refractivity contribution in [3.63, 3.8) is 0 Å². The number of rotatable bonds is 0. The first-order chi connectivity index (χ1) is 11.4. The quantitative estimate of drug-likeness (QED) is 0.698. The first-order valence-electron chi connectivity index (χ1n) is 7.50. The number of hydrogen-bond acceptors (Lipinski definition) is 4. The van der Waals surface area contributed by atoms with Crippen molar-refractivity contribution in [3.05, 3.63) is 56.6 Å². The molecule has 0 saturated carbocycles. The number of carbonyl (C=O) groups is 2. The molecule has 2 aliphatic carbocycles. The highest BCUT2D eigenvalue weighted by atomic mass is 35.5. The number of phenolic OH excluding ortho intramolecular Hbond substituents is 2. The van der Waals surface area contributed by atoms with Gasteiger partial charge in [-0.3, -0.25) is 9.59 Å². The highest BCUT2D eigenvalue weighted by molar-refractivity contribution is 6.45. The van der Waals surface area contributed by atoms with E-state index in [1.165, 1.54) is 0 Å². The summed E-state index contributed by atoms with van der Waals surface area (Å²) in [5, 5.41) is 19.8. The van der Waals surface area contributed by atoms with Gasteiger partial charge in [0.25, 0.3) is 0 Å². The van der Waals surface area contributed by atoms with Crippen molar-refractivity contribution in [3.8, 4) is 11.5 Å². The zero-order chi connectivity index (χ0) is 17.2. The number of carbonyl (C=O) groups excluding carboxylic acids is 2. The highest BCUT2D eigenvalue weighted by Crippen LogP contribution is 2.50. The largest absolute Gasteiger partial charge is 0.506 e. The van der Waals surface area contributed by atoms with Crippen LogP contribution < -0.4 is 0 Å². The van der Waals surface area contributed by atoms with Crippen LogP contribution in [0.2, 0.25) is 10.0 Å². The monoisotopic (exact) mass is 362 g/mol. The number of aromatic hydroxyl groups is 2. The van der Waals surface area contributed by atoms with Gasteiger partial charge in [-0.25, -0.2) is 0 Å². The van der Waals surface area contributed by atoms with E-state index in [9.17, 15) is 19.8 Å². The summed E-state index contributed by atoms with van der Waals surface area (Å²) in [6.07, 6.45) is 0.844. The van der Waals surface area contributed by atoms with Crippen molar-refractivity contribution in [2.75, 3.05) is 0 Å². The lowest BCUT2D eigenvalue weighted by molar-refractivity contribution is 0.0715. The fraction of sp³-hybridized carbons (Fsp3) is 0.222. The van der Waals surface area contributed by atoms with Crippen molar-refractivity contribution >= 4 is 34.8 Å². The molecule has 0 spiro atoms. The summed E-state index contributed by atoms with van der Waals surface area (Å²) in [6, 6.07) is 7.65. The van der Waals surface area contributed by atoms with Crippen LogP contribution in [0.15, 0.2) is 24.3 Å². The molecule has 0 radical (unpaired) electrons. The van der Waals surface area contributed by atoms with E-state index in [0.717, 1.165) is 11.1 Å². The fourth-order valence-corrected chi connectivity index (χ4v) is 4.15. The zero-order valence-electron chi connectivity index (χ0n) is 12.3. The van der Waals surface area contributed by atoms with E-state index in [1.54, 1.807) is 0 Å². The van der Waals surface area contributed by atoms with Crippen molar-refractivity contribution in [1.82, 2.24) is 0 Å². The molecule has 0 fully saturated rings. The molecule has 0 saturated heterocycles. The maximum Gasteiger partial charge on any atom is 0.171 e. The number of hydrogen-bond donors (Lipinski definition) is 2. The number of Topliss-reactive ketones (excluding diaryl/α,β-unsaturated/α-hetero) is 2. The molecule has 0 bridgehead atoms. The lowest BCUT2D eigenvalue weighted by Gasteiger charge is -2.36. The molecule has 4 rings (SSSR count). The Morgan fingerprint density at radius 2 is 1.17 bits per heavy atom. The second-order valence-corrected chi connectivity index (χ2v) is 6.95.